The maximum absolute atomic E-state index is 12.8. The van der Waals surface area contributed by atoms with Gasteiger partial charge in [0.15, 0.2) is 0 Å². The molecule has 2 atom stereocenters. The lowest BCUT2D eigenvalue weighted by molar-refractivity contribution is -0.144. The number of hydrogen-bond acceptors (Lipinski definition) is 5. The Morgan fingerprint density at radius 1 is 1.17 bits per heavy atom. The summed E-state index contributed by atoms with van der Waals surface area (Å²) >= 11 is 0. The van der Waals surface area contributed by atoms with Gasteiger partial charge in [0.2, 0.25) is 17.7 Å². The van der Waals surface area contributed by atoms with Crippen LogP contribution in [0.25, 0.3) is 0 Å². The molecule has 2 aromatic rings. The lowest BCUT2D eigenvalue weighted by Gasteiger charge is -2.32. The standard InChI is InChI=1S/C15H16F3N5/c1-8-6-7-9-4-2-3-5-10(9)11(8)20-14-22-12(15(16,17)18)21-13(19)23-14/h2-5,8,11H,6-7H2,1H3,(H3,19,20,21,22,23). The Hall–Kier alpha value is -2.38. The van der Waals surface area contributed by atoms with Gasteiger partial charge in [-0.25, -0.2) is 0 Å². The highest BCUT2D eigenvalue weighted by Crippen LogP contribution is 2.36. The van der Waals surface area contributed by atoms with Crippen LogP contribution in [-0.4, -0.2) is 15.0 Å². The zero-order valence-electron chi connectivity index (χ0n) is 12.4. The molecule has 0 bridgehead atoms. The van der Waals surface area contributed by atoms with Crippen molar-refractivity contribution in [2.45, 2.75) is 32.0 Å². The molecule has 1 heterocycles. The van der Waals surface area contributed by atoms with E-state index in [4.69, 9.17) is 5.73 Å². The number of nitrogens with zero attached hydrogens (tertiary/aromatic N) is 3. The first-order valence-corrected chi connectivity index (χ1v) is 7.27. The Kier molecular flexibility index (Phi) is 3.83. The van der Waals surface area contributed by atoms with E-state index in [1.165, 1.54) is 5.56 Å². The van der Waals surface area contributed by atoms with Gasteiger partial charge in [-0.3, -0.25) is 0 Å². The smallest absolute Gasteiger partial charge is 0.368 e. The van der Waals surface area contributed by atoms with Gasteiger partial charge in [0.05, 0.1) is 6.04 Å². The molecule has 1 aliphatic carbocycles. The molecule has 0 spiro atoms. The molecule has 122 valence electrons. The van der Waals surface area contributed by atoms with Crippen LogP contribution in [0.5, 0.6) is 0 Å². The number of hydrogen-bond donors (Lipinski definition) is 2. The number of rotatable bonds is 2. The lowest BCUT2D eigenvalue weighted by Crippen LogP contribution is -2.26. The zero-order chi connectivity index (χ0) is 16.6. The predicted molar refractivity (Wildman–Crippen MR) is 79.5 cm³/mol. The third kappa shape index (κ3) is 3.20. The van der Waals surface area contributed by atoms with Gasteiger partial charge in [0.25, 0.3) is 0 Å². The van der Waals surface area contributed by atoms with Crippen LogP contribution in [0.15, 0.2) is 24.3 Å². The predicted octanol–water partition coefficient (Wildman–Crippen LogP) is 3.21. The summed E-state index contributed by atoms with van der Waals surface area (Å²) in [4.78, 5) is 10.4. The van der Waals surface area contributed by atoms with Gasteiger partial charge in [-0.2, -0.15) is 28.1 Å². The molecule has 1 aromatic heterocycles. The molecule has 3 N–H and O–H groups in total. The number of benzene rings is 1. The van der Waals surface area contributed by atoms with E-state index < -0.39 is 17.9 Å². The molecule has 0 aliphatic heterocycles. The number of nitrogen functional groups attached to an aromatic ring is 1. The molecule has 1 aliphatic rings. The highest BCUT2D eigenvalue weighted by atomic mass is 19.4. The van der Waals surface area contributed by atoms with Crippen LogP contribution in [0.1, 0.15) is 36.3 Å². The van der Waals surface area contributed by atoms with Gasteiger partial charge in [-0.1, -0.05) is 31.2 Å². The van der Waals surface area contributed by atoms with Gasteiger partial charge < -0.3 is 11.1 Å². The van der Waals surface area contributed by atoms with E-state index >= 15 is 0 Å². The second-order valence-corrected chi connectivity index (χ2v) is 5.68. The number of aryl methyl sites for hydroxylation is 1. The topological polar surface area (TPSA) is 76.7 Å². The number of anilines is 2. The minimum absolute atomic E-state index is 0.154. The fourth-order valence-corrected chi connectivity index (χ4v) is 2.86. The molecule has 0 fully saturated rings. The first-order valence-electron chi connectivity index (χ1n) is 7.27. The van der Waals surface area contributed by atoms with Gasteiger partial charge in [0.1, 0.15) is 0 Å². The van der Waals surface area contributed by atoms with E-state index in [9.17, 15) is 13.2 Å². The number of alkyl halides is 3. The molecular formula is C15H16F3N5. The average molecular weight is 323 g/mol. The Morgan fingerprint density at radius 2 is 1.91 bits per heavy atom. The monoisotopic (exact) mass is 323 g/mol. The second kappa shape index (κ2) is 5.68. The second-order valence-electron chi connectivity index (χ2n) is 5.68. The van der Waals surface area contributed by atoms with Crippen LogP contribution < -0.4 is 11.1 Å². The van der Waals surface area contributed by atoms with Gasteiger partial charge in [0, 0.05) is 0 Å². The number of aromatic nitrogens is 3. The molecular weight excluding hydrogens is 307 g/mol. The normalized spacial score (nSPS) is 20.9. The highest BCUT2D eigenvalue weighted by Gasteiger charge is 2.36. The Balaban J connectivity index is 1.94. The molecule has 8 heteroatoms. The first-order chi connectivity index (χ1) is 10.8. The molecule has 1 aromatic carbocycles. The summed E-state index contributed by atoms with van der Waals surface area (Å²) in [6, 6.07) is 7.70. The van der Waals surface area contributed by atoms with Crippen molar-refractivity contribution in [2.75, 3.05) is 11.1 Å². The van der Waals surface area contributed by atoms with Crippen LogP contribution in [-0.2, 0) is 12.6 Å². The third-order valence-electron chi connectivity index (χ3n) is 4.02. The van der Waals surface area contributed by atoms with E-state index in [0.717, 1.165) is 18.4 Å². The lowest BCUT2D eigenvalue weighted by atomic mass is 9.81. The van der Waals surface area contributed by atoms with E-state index in [2.05, 4.69) is 20.3 Å². The quantitative estimate of drug-likeness (QED) is 0.887. The number of nitrogens with one attached hydrogen (secondary N) is 1. The molecule has 2 unspecified atom stereocenters. The van der Waals surface area contributed by atoms with Crippen molar-refractivity contribution in [3.63, 3.8) is 0 Å². The van der Waals surface area contributed by atoms with Crippen molar-refractivity contribution >= 4 is 11.9 Å². The highest BCUT2D eigenvalue weighted by molar-refractivity contribution is 5.40. The Labute approximate surface area is 131 Å². The molecule has 23 heavy (non-hydrogen) atoms. The Morgan fingerprint density at radius 3 is 2.65 bits per heavy atom. The van der Waals surface area contributed by atoms with E-state index in [0.29, 0.717) is 0 Å². The summed E-state index contributed by atoms with van der Waals surface area (Å²) in [5.41, 5.74) is 7.62. The van der Waals surface area contributed by atoms with Gasteiger partial charge in [-0.15, -0.1) is 0 Å². The van der Waals surface area contributed by atoms with Crippen LogP contribution in [0.3, 0.4) is 0 Å². The maximum atomic E-state index is 12.8. The van der Waals surface area contributed by atoms with Crippen molar-refractivity contribution in [1.82, 2.24) is 15.0 Å². The number of nitrogens with two attached hydrogens (primary N) is 1. The van der Waals surface area contributed by atoms with E-state index in [1.807, 2.05) is 31.2 Å². The van der Waals surface area contributed by atoms with Gasteiger partial charge >= 0.3 is 6.18 Å². The van der Waals surface area contributed by atoms with Crippen LogP contribution in [0.2, 0.25) is 0 Å². The van der Waals surface area contributed by atoms with Crippen molar-refractivity contribution in [1.29, 1.82) is 0 Å². The van der Waals surface area contributed by atoms with Gasteiger partial charge in [-0.05, 0) is 29.9 Å². The van der Waals surface area contributed by atoms with Crippen molar-refractivity contribution in [3.05, 3.63) is 41.2 Å². The van der Waals surface area contributed by atoms with Crippen molar-refractivity contribution in [3.8, 4) is 0 Å². The summed E-state index contributed by atoms with van der Waals surface area (Å²) in [6.45, 7) is 2.04. The van der Waals surface area contributed by atoms with E-state index in [1.54, 1.807) is 0 Å². The van der Waals surface area contributed by atoms with Crippen LogP contribution in [0, 0.1) is 5.92 Å². The van der Waals surface area contributed by atoms with Crippen LogP contribution >= 0.6 is 0 Å². The molecule has 0 amide bonds. The average Bonchev–Trinajstić information content (AvgIpc) is 2.49. The zero-order valence-corrected chi connectivity index (χ0v) is 12.4. The minimum Gasteiger partial charge on any atom is -0.368 e. The molecule has 0 saturated carbocycles. The maximum Gasteiger partial charge on any atom is 0.451 e. The SMILES string of the molecule is CC1CCc2ccccc2C1Nc1nc(N)nc(C(F)(F)F)n1. The summed E-state index contributed by atoms with van der Waals surface area (Å²) in [6.07, 6.45) is -2.78. The molecule has 0 radical (unpaired) electrons. The van der Waals surface area contributed by atoms with Crippen LogP contribution in [0.4, 0.5) is 25.1 Å². The van der Waals surface area contributed by atoms with Crippen molar-refractivity contribution in [2.24, 2.45) is 5.92 Å². The first kappa shape index (κ1) is 15.5. The molecule has 5 nitrogen and oxygen atoms in total. The van der Waals surface area contributed by atoms with Crippen molar-refractivity contribution < 1.29 is 13.2 Å². The third-order valence-corrected chi connectivity index (χ3v) is 4.02. The fourth-order valence-electron chi connectivity index (χ4n) is 2.86. The minimum atomic E-state index is -4.66. The number of halogens is 3. The fraction of sp³-hybridized carbons (Fsp3) is 0.400. The number of fused-ring (bicyclic) bond motifs is 1. The Bertz CT molecular complexity index is 716. The summed E-state index contributed by atoms with van der Waals surface area (Å²) < 4.78 is 38.4. The molecule has 0 saturated heterocycles. The van der Waals surface area contributed by atoms with E-state index in [-0.39, 0.29) is 17.9 Å². The summed E-state index contributed by atoms with van der Waals surface area (Å²) in [5, 5.41) is 3.00. The summed E-state index contributed by atoms with van der Waals surface area (Å²) in [7, 11) is 0. The largest absolute Gasteiger partial charge is 0.451 e. The molecule has 3 rings (SSSR count). The summed E-state index contributed by atoms with van der Waals surface area (Å²) in [5.74, 6) is -1.66.